The summed E-state index contributed by atoms with van der Waals surface area (Å²) in [5, 5.41) is 15.8. The maximum absolute atomic E-state index is 12.9. The average Bonchev–Trinajstić information content (AvgIpc) is 3.86. The lowest BCUT2D eigenvalue weighted by Crippen LogP contribution is -2.48. The molecule has 7 aromatic rings. The van der Waals surface area contributed by atoms with E-state index < -0.39 is 0 Å². The van der Waals surface area contributed by atoms with Crippen LogP contribution in [0, 0.1) is 0 Å². The molecule has 7 N–H and O–H groups in total. The van der Waals surface area contributed by atoms with E-state index in [1.54, 1.807) is 31.3 Å². The van der Waals surface area contributed by atoms with Gasteiger partial charge >= 0.3 is 0 Å². The number of ether oxygens (including phenoxy) is 4. The number of aldehydes is 1. The van der Waals surface area contributed by atoms with Gasteiger partial charge in [-0.3, -0.25) is 24.6 Å². The number of nitrogen functional groups attached to an aromatic ring is 1. The summed E-state index contributed by atoms with van der Waals surface area (Å²) in [6.45, 7) is 12.7. The molecular weight excluding hydrogens is 1050 g/mol. The van der Waals surface area contributed by atoms with Crippen molar-refractivity contribution in [3.8, 4) is 45.3 Å². The van der Waals surface area contributed by atoms with Crippen molar-refractivity contribution in [1.29, 1.82) is 0 Å². The lowest BCUT2D eigenvalue weighted by Gasteiger charge is -2.38. The molecule has 0 saturated carbocycles. The number of nitrogens with two attached hydrogens (primary N) is 2. The highest BCUT2D eigenvalue weighted by atomic mass is 35.5. The number of aromatic nitrogens is 2. The quantitative estimate of drug-likeness (QED) is 0.0317. The normalized spacial score (nSPS) is 13.8. The number of aromatic amines is 1. The Morgan fingerprint density at radius 3 is 1.64 bits per heavy atom. The molecule has 20 heteroatoms. The number of aliphatic imine (C=N–C) groups is 1. The van der Waals surface area contributed by atoms with Gasteiger partial charge in [0.2, 0.25) is 0 Å². The molecule has 2 aliphatic rings. The van der Waals surface area contributed by atoms with Gasteiger partial charge in [-0.05, 0) is 97.8 Å². The van der Waals surface area contributed by atoms with E-state index in [4.69, 9.17) is 76.8 Å². The minimum atomic E-state index is -0.233. The second-order valence-corrected chi connectivity index (χ2v) is 19.4. The van der Waals surface area contributed by atoms with E-state index in [1.165, 1.54) is 34.1 Å². The van der Waals surface area contributed by atoms with Crippen molar-refractivity contribution >= 4 is 98.2 Å². The number of carbonyl (C=O) groups excluding carboxylic acids is 2. The number of rotatable bonds is 13. The van der Waals surface area contributed by atoms with Crippen LogP contribution in [0.5, 0.6) is 23.0 Å². The second kappa shape index (κ2) is 26.2. The van der Waals surface area contributed by atoms with Crippen LogP contribution in [0.15, 0.2) is 102 Å². The number of nitrogens with zero attached hydrogens (tertiary/aromatic N) is 5. The Bertz CT molecular complexity index is 3120. The summed E-state index contributed by atoms with van der Waals surface area (Å²) in [5.41, 5.74) is 20.0. The molecule has 400 valence electrons. The average molecular weight is 1110 g/mol. The van der Waals surface area contributed by atoms with Gasteiger partial charge in [0.25, 0.3) is 5.91 Å². The molecule has 0 spiro atoms. The second-order valence-electron chi connectivity index (χ2n) is 17.9. The zero-order chi connectivity index (χ0) is 54.6. The molecule has 0 radical (unpaired) electrons. The van der Waals surface area contributed by atoms with Crippen LogP contribution in [0.2, 0.25) is 20.1 Å². The van der Waals surface area contributed by atoms with Gasteiger partial charge < -0.3 is 50.8 Å². The number of amidine groups is 1. The van der Waals surface area contributed by atoms with E-state index in [9.17, 15) is 9.59 Å². The number of nitrogens with one attached hydrogen (secondary N) is 3. The first kappa shape index (κ1) is 56.8. The molecular formula is C56H62Cl4N10O6. The molecule has 3 heterocycles. The van der Waals surface area contributed by atoms with Gasteiger partial charge in [-0.15, -0.1) is 0 Å². The maximum Gasteiger partial charge on any atom is 0.256 e. The Balaban J connectivity index is 0.000000180. The predicted octanol–water partition coefficient (Wildman–Crippen LogP) is 10.8. The molecule has 16 nitrogen and oxygen atoms in total. The maximum atomic E-state index is 12.9. The van der Waals surface area contributed by atoms with Crippen molar-refractivity contribution in [2.75, 3.05) is 109 Å². The highest BCUT2D eigenvalue weighted by Crippen LogP contribution is 2.48. The number of amides is 1. The zero-order valence-electron chi connectivity index (χ0n) is 43.4. The Kier molecular flexibility index (Phi) is 19.6. The fourth-order valence-corrected chi connectivity index (χ4v) is 10.2. The van der Waals surface area contributed by atoms with Crippen LogP contribution >= 0.6 is 46.4 Å². The van der Waals surface area contributed by atoms with Gasteiger partial charge in [-0.2, -0.15) is 5.10 Å². The number of fused-ring (bicyclic) bond motifs is 1. The number of methoxy groups -OCH3 is 4. The minimum absolute atomic E-state index is 0.233. The number of benzene rings is 6. The first-order chi connectivity index (χ1) is 36.6. The van der Waals surface area contributed by atoms with Gasteiger partial charge in [0.1, 0.15) is 35.1 Å². The molecule has 0 unspecified atom stereocenters. The van der Waals surface area contributed by atoms with Gasteiger partial charge in [-0.25, -0.2) is 0 Å². The highest BCUT2D eigenvalue weighted by molar-refractivity contribution is 6.42. The van der Waals surface area contributed by atoms with Crippen molar-refractivity contribution in [2.45, 2.75) is 19.9 Å². The zero-order valence-corrected chi connectivity index (χ0v) is 46.4. The molecule has 1 amide bonds. The van der Waals surface area contributed by atoms with Crippen LogP contribution in [0.25, 0.3) is 33.2 Å². The SMILES string of the molecule is CC(C)N1CCN(c2ccc(C=O)cc2)CC1.CN=C(N)c1ccc(-c2c(Cl)c(OC)cc(OC)c2Cl)cc1N.COc1cc(OC)c(Cl)c(-c2ccc3c(NC(=O)c4ccc(N5CCNCC5)cc4)n[nH]c3c2)c1Cl. The van der Waals surface area contributed by atoms with Crippen LogP contribution in [0.1, 0.15) is 40.1 Å². The van der Waals surface area contributed by atoms with Crippen molar-refractivity contribution < 1.29 is 28.5 Å². The van der Waals surface area contributed by atoms with Crippen molar-refractivity contribution in [1.82, 2.24) is 20.4 Å². The number of carbonyl (C=O) groups is 2. The first-order valence-electron chi connectivity index (χ1n) is 24.4. The molecule has 2 aliphatic heterocycles. The molecule has 76 heavy (non-hydrogen) atoms. The Hall–Kier alpha value is -6.92. The number of hydrogen-bond acceptors (Lipinski definition) is 13. The third-order valence-corrected chi connectivity index (χ3v) is 14.6. The first-order valence-corrected chi connectivity index (χ1v) is 25.9. The summed E-state index contributed by atoms with van der Waals surface area (Å²) in [7, 11) is 7.71. The lowest BCUT2D eigenvalue weighted by atomic mass is 10.0. The van der Waals surface area contributed by atoms with E-state index in [-0.39, 0.29) is 5.91 Å². The summed E-state index contributed by atoms with van der Waals surface area (Å²) in [4.78, 5) is 34.6. The molecule has 6 aromatic carbocycles. The molecule has 2 saturated heterocycles. The number of H-pyrrole nitrogens is 1. The largest absolute Gasteiger partial charge is 0.495 e. The topological polar surface area (TPSA) is 198 Å². The van der Waals surface area contributed by atoms with Crippen LogP contribution in [-0.2, 0) is 0 Å². The summed E-state index contributed by atoms with van der Waals surface area (Å²) in [6, 6.07) is 30.3. The van der Waals surface area contributed by atoms with Gasteiger partial charge in [-0.1, -0.05) is 58.5 Å². The van der Waals surface area contributed by atoms with Gasteiger partial charge in [0, 0.05) is 128 Å². The molecule has 2 fully saturated rings. The highest BCUT2D eigenvalue weighted by Gasteiger charge is 2.23. The van der Waals surface area contributed by atoms with Crippen LogP contribution in [-0.4, -0.2) is 127 Å². The van der Waals surface area contributed by atoms with E-state index >= 15 is 0 Å². The fraction of sp³-hybridized carbons (Fsp3) is 0.286. The summed E-state index contributed by atoms with van der Waals surface area (Å²) in [6.07, 6.45) is 0.889. The van der Waals surface area contributed by atoms with E-state index in [0.29, 0.717) is 94.2 Å². The van der Waals surface area contributed by atoms with Crippen molar-refractivity contribution in [3.05, 3.63) is 134 Å². The van der Waals surface area contributed by atoms with E-state index in [2.05, 4.69) is 54.4 Å². The molecule has 0 atom stereocenters. The standard InChI is InChI=1S/C26H25Cl2N5O3.C16H17Cl2N3O2.C14H20N2O/c1-35-20-14-21(36-2)24(28)22(23(20)27)16-5-8-18-19(13-16)31-32-25(18)30-26(34)15-3-6-17(7-4-15)33-11-9-29-10-12-33;1-21-16(20)9-5-4-8(6-10(9)19)13-14(17)11(22-2)7-12(23-3)15(13)18;1-12(2)15-7-9-16(10-8-15)14-5-3-13(11-17)4-6-14/h3-8,13-14,29H,9-12H2,1-2H3,(H2,30,31,32,34);4-7H,19H2,1-3H3,(H2,20,21);3-6,11-12H,7-10H2,1-2H3. The number of hydrogen-bond donors (Lipinski definition) is 5. The van der Waals surface area contributed by atoms with Gasteiger partial charge in [0.05, 0.1) is 54.0 Å². The van der Waals surface area contributed by atoms with Crippen molar-refractivity contribution in [2.24, 2.45) is 10.7 Å². The number of piperazine rings is 2. The van der Waals surface area contributed by atoms with Crippen LogP contribution in [0.3, 0.4) is 0 Å². The third-order valence-electron chi connectivity index (χ3n) is 13.1. The van der Waals surface area contributed by atoms with E-state index in [0.717, 1.165) is 86.4 Å². The Morgan fingerprint density at radius 1 is 0.684 bits per heavy atom. The summed E-state index contributed by atoms with van der Waals surface area (Å²) in [5.74, 6) is 2.38. The number of anilines is 4. The minimum Gasteiger partial charge on any atom is -0.495 e. The van der Waals surface area contributed by atoms with Gasteiger partial charge in [0.15, 0.2) is 5.82 Å². The Labute approximate surface area is 463 Å². The molecule has 0 aliphatic carbocycles. The predicted molar refractivity (Wildman–Crippen MR) is 311 cm³/mol. The summed E-state index contributed by atoms with van der Waals surface area (Å²) < 4.78 is 21.3. The summed E-state index contributed by atoms with van der Waals surface area (Å²) >= 11 is 26.0. The Morgan fingerprint density at radius 2 is 1.17 bits per heavy atom. The van der Waals surface area contributed by atoms with Crippen LogP contribution in [0.4, 0.5) is 22.9 Å². The smallest absolute Gasteiger partial charge is 0.256 e. The van der Waals surface area contributed by atoms with Crippen LogP contribution < -0.4 is 50.8 Å². The lowest BCUT2D eigenvalue weighted by molar-refractivity contribution is 0.102. The monoisotopic (exact) mass is 1110 g/mol. The van der Waals surface area contributed by atoms with Crippen molar-refractivity contribution in [3.63, 3.8) is 0 Å². The molecule has 1 aromatic heterocycles. The molecule has 0 bridgehead atoms. The molecule has 9 rings (SSSR count). The fourth-order valence-electron chi connectivity index (χ4n) is 8.81. The van der Waals surface area contributed by atoms with E-state index in [1.807, 2.05) is 72.8 Å². The number of halogens is 4. The third kappa shape index (κ3) is 13.0.